The summed E-state index contributed by atoms with van der Waals surface area (Å²) in [6.07, 6.45) is 1.44. The molecule has 0 aliphatic carbocycles. The number of aromatic amines is 1. The van der Waals surface area contributed by atoms with Crippen LogP contribution in [0.3, 0.4) is 0 Å². The van der Waals surface area contributed by atoms with Crippen molar-refractivity contribution in [3.05, 3.63) is 27.4 Å². The maximum absolute atomic E-state index is 11.2. The van der Waals surface area contributed by atoms with E-state index in [1.807, 2.05) is 0 Å². The normalized spacial score (nSPS) is 10.7. The Balaban J connectivity index is 3.14. The van der Waals surface area contributed by atoms with Gasteiger partial charge in [0, 0.05) is 6.20 Å². The van der Waals surface area contributed by atoms with E-state index in [-0.39, 0.29) is 13.2 Å². The average Bonchev–Trinajstić information content (AvgIpc) is 2.10. The Morgan fingerprint density at radius 1 is 1.54 bits per heavy atom. The van der Waals surface area contributed by atoms with Crippen LogP contribution < -0.4 is 5.69 Å². The molecule has 0 radical (unpaired) electrons. The molecule has 0 saturated heterocycles. The third-order valence-corrected chi connectivity index (χ3v) is 1.90. The van der Waals surface area contributed by atoms with Crippen molar-refractivity contribution in [1.29, 1.82) is 0 Å². The maximum atomic E-state index is 11.2. The molecule has 0 spiro atoms. The molecule has 72 valence electrons. The molecule has 0 unspecified atom stereocenters. The predicted molar refractivity (Wildman–Crippen MR) is 49.1 cm³/mol. The summed E-state index contributed by atoms with van der Waals surface area (Å²) in [5, 5.41) is 17.6. The third kappa shape index (κ3) is 2.24. The van der Waals surface area contributed by atoms with E-state index in [2.05, 4.69) is 4.98 Å². The summed E-state index contributed by atoms with van der Waals surface area (Å²) in [6.45, 7) is -0.581. The van der Waals surface area contributed by atoms with Gasteiger partial charge in [0.05, 0.1) is 19.3 Å². The van der Waals surface area contributed by atoms with Gasteiger partial charge in [0.2, 0.25) is 0 Å². The number of nitrogens with zero attached hydrogens (tertiary/aromatic N) is 1. The lowest BCUT2D eigenvalue weighted by atomic mass is 10.3. The number of aliphatic hydroxyl groups excluding tert-OH is 2. The Hall–Kier alpha value is -0.980. The molecule has 1 aromatic heterocycles. The average molecular weight is 202 g/mol. The van der Waals surface area contributed by atoms with Gasteiger partial charge in [-0.05, 0) is 6.07 Å². The van der Waals surface area contributed by atoms with Gasteiger partial charge in [0.25, 0.3) is 0 Å². The zero-order valence-corrected chi connectivity index (χ0v) is 7.62. The van der Waals surface area contributed by atoms with Crippen LogP contribution in [0.25, 0.3) is 0 Å². The van der Waals surface area contributed by atoms with E-state index in [0.717, 1.165) is 0 Å². The fraction of sp³-hybridized carbons (Fsp3) is 0.429. The first kappa shape index (κ1) is 10.1. The highest BCUT2D eigenvalue weighted by atomic mass is 32.1. The van der Waals surface area contributed by atoms with Crippen LogP contribution in [0.5, 0.6) is 0 Å². The van der Waals surface area contributed by atoms with Crippen LogP contribution in [0.4, 0.5) is 0 Å². The van der Waals surface area contributed by atoms with Crippen molar-refractivity contribution in [2.75, 3.05) is 13.2 Å². The van der Waals surface area contributed by atoms with E-state index < -0.39 is 11.7 Å². The summed E-state index contributed by atoms with van der Waals surface area (Å²) in [6, 6.07) is 0.911. The van der Waals surface area contributed by atoms with Gasteiger partial charge in [0.15, 0.2) is 0 Å². The van der Waals surface area contributed by atoms with Crippen LogP contribution in [0.1, 0.15) is 6.04 Å². The second-order valence-corrected chi connectivity index (χ2v) is 2.98. The smallest absolute Gasteiger partial charge is 0.326 e. The summed E-state index contributed by atoms with van der Waals surface area (Å²) in [5.74, 6) is 0. The zero-order chi connectivity index (χ0) is 9.84. The Labute approximate surface area is 79.3 Å². The van der Waals surface area contributed by atoms with Crippen molar-refractivity contribution >= 4 is 12.2 Å². The van der Waals surface area contributed by atoms with Crippen molar-refractivity contribution in [1.82, 2.24) is 9.55 Å². The molecule has 1 heterocycles. The Morgan fingerprint density at radius 3 is 2.62 bits per heavy atom. The minimum atomic E-state index is -0.612. The zero-order valence-electron chi connectivity index (χ0n) is 6.80. The number of rotatable bonds is 3. The molecule has 0 bridgehead atoms. The lowest BCUT2D eigenvalue weighted by molar-refractivity contribution is 0.151. The highest BCUT2D eigenvalue weighted by Crippen LogP contribution is 1.98. The molecule has 0 aliphatic rings. The molecule has 0 atom stereocenters. The van der Waals surface area contributed by atoms with Crippen molar-refractivity contribution in [2.45, 2.75) is 6.04 Å². The van der Waals surface area contributed by atoms with Crippen LogP contribution in [0.2, 0.25) is 0 Å². The molecule has 0 amide bonds. The Kier molecular flexibility index (Phi) is 3.35. The molecular formula is C7H10N2O3S. The summed E-state index contributed by atoms with van der Waals surface area (Å²) < 4.78 is 1.53. The van der Waals surface area contributed by atoms with Gasteiger partial charge in [-0.2, -0.15) is 0 Å². The first-order valence-electron chi connectivity index (χ1n) is 3.72. The number of H-pyrrole nitrogens is 1. The standard InChI is InChI=1S/C7H10N2O3S/c10-3-5(4-11)9-2-1-6(13)8-7(9)12/h1-2,5,10-11H,3-4H2,(H,8,12,13). The van der Waals surface area contributed by atoms with E-state index in [0.29, 0.717) is 4.64 Å². The second kappa shape index (κ2) is 4.31. The monoisotopic (exact) mass is 202 g/mol. The molecule has 1 aromatic rings. The van der Waals surface area contributed by atoms with Crippen LogP contribution in [0, 0.1) is 4.64 Å². The van der Waals surface area contributed by atoms with E-state index in [1.165, 1.54) is 16.8 Å². The first-order valence-corrected chi connectivity index (χ1v) is 4.13. The maximum Gasteiger partial charge on any atom is 0.326 e. The van der Waals surface area contributed by atoms with Crippen molar-refractivity contribution in [2.24, 2.45) is 0 Å². The molecule has 3 N–H and O–H groups in total. The highest BCUT2D eigenvalue weighted by Gasteiger charge is 2.08. The molecule has 5 nitrogen and oxygen atoms in total. The van der Waals surface area contributed by atoms with Gasteiger partial charge >= 0.3 is 5.69 Å². The second-order valence-electron chi connectivity index (χ2n) is 2.54. The van der Waals surface area contributed by atoms with Crippen LogP contribution >= 0.6 is 12.2 Å². The lowest BCUT2D eigenvalue weighted by Crippen LogP contribution is -2.30. The molecule has 0 aromatic carbocycles. The van der Waals surface area contributed by atoms with Crippen LogP contribution in [-0.2, 0) is 0 Å². The fourth-order valence-corrected chi connectivity index (χ4v) is 1.10. The Morgan fingerprint density at radius 2 is 2.15 bits per heavy atom. The summed E-state index contributed by atoms with van der Waals surface area (Å²) >= 11 is 4.72. The van der Waals surface area contributed by atoms with Crippen molar-refractivity contribution < 1.29 is 10.2 Å². The minimum Gasteiger partial charge on any atom is -0.394 e. The molecule has 0 fully saturated rings. The summed E-state index contributed by atoms with van der Waals surface area (Å²) in [7, 11) is 0. The third-order valence-electron chi connectivity index (χ3n) is 1.67. The molecule has 1 rings (SSSR count). The van der Waals surface area contributed by atoms with E-state index >= 15 is 0 Å². The summed E-state index contributed by atoms with van der Waals surface area (Å²) in [5.41, 5.74) is -0.430. The lowest BCUT2D eigenvalue weighted by Gasteiger charge is -2.13. The van der Waals surface area contributed by atoms with Crippen LogP contribution in [-0.4, -0.2) is 33.0 Å². The Bertz CT molecular complexity index is 380. The summed E-state index contributed by atoms with van der Waals surface area (Å²) in [4.78, 5) is 13.6. The highest BCUT2D eigenvalue weighted by molar-refractivity contribution is 7.71. The fourth-order valence-electron chi connectivity index (χ4n) is 0.949. The molecular weight excluding hydrogens is 192 g/mol. The largest absolute Gasteiger partial charge is 0.394 e. The van der Waals surface area contributed by atoms with E-state index in [4.69, 9.17) is 22.4 Å². The predicted octanol–water partition coefficient (Wildman–Crippen LogP) is -0.568. The van der Waals surface area contributed by atoms with Gasteiger partial charge in [-0.25, -0.2) is 4.79 Å². The van der Waals surface area contributed by atoms with Gasteiger partial charge < -0.3 is 10.2 Å². The first-order chi connectivity index (χ1) is 6.19. The van der Waals surface area contributed by atoms with E-state index in [1.54, 1.807) is 0 Å². The number of hydrogen-bond acceptors (Lipinski definition) is 4. The van der Waals surface area contributed by atoms with Crippen molar-refractivity contribution in [3.63, 3.8) is 0 Å². The topological polar surface area (TPSA) is 78.2 Å². The van der Waals surface area contributed by atoms with Gasteiger partial charge in [-0.1, -0.05) is 12.2 Å². The van der Waals surface area contributed by atoms with E-state index in [9.17, 15) is 4.79 Å². The number of aliphatic hydroxyl groups is 2. The van der Waals surface area contributed by atoms with Gasteiger partial charge in [-0.15, -0.1) is 0 Å². The van der Waals surface area contributed by atoms with Crippen molar-refractivity contribution in [3.8, 4) is 0 Å². The number of nitrogens with one attached hydrogen (secondary N) is 1. The van der Waals surface area contributed by atoms with Crippen LogP contribution in [0.15, 0.2) is 17.1 Å². The molecule has 13 heavy (non-hydrogen) atoms. The van der Waals surface area contributed by atoms with Gasteiger partial charge in [0.1, 0.15) is 4.64 Å². The number of hydrogen-bond donors (Lipinski definition) is 3. The quantitative estimate of drug-likeness (QED) is 0.574. The number of aromatic nitrogens is 2. The SMILES string of the molecule is O=c1[nH]c(=S)ccn1C(CO)CO. The molecule has 0 saturated carbocycles. The molecule has 0 aliphatic heterocycles. The molecule has 6 heteroatoms. The minimum absolute atomic E-state index is 0.291. The van der Waals surface area contributed by atoms with Gasteiger partial charge in [-0.3, -0.25) is 9.55 Å².